The maximum Gasteiger partial charge on any atom is 0.245 e. The summed E-state index contributed by atoms with van der Waals surface area (Å²) in [6.45, 7) is 7.00. The normalized spacial score (nSPS) is 27.1. The average Bonchev–Trinajstić information content (AvgIpc) is 3.18. The van der Waals surface area contributed by atoms with Gasteiger partial charge in [-0.1, -0.05) is 20.8 Å². The first-order valence-corrected chi connectivity index (χ1v) is 8.88. The summed E-state index contributed by atoms with van der Waals surface area (Å²) in [6.07, 6.45) is 2.90. The van der Waals surface area contributed by atoms with Gasteiger partial charge >= 0.3 is 0 Å². The highest BCUT2D eigenvalue weighted by atomic mass is 32.2. The van der Waals surface area contributed by atoms with E-state index in [0.29, 0.717) is 18.4 Å². The molecule has 0 bridgehead atoms. The van der Waals surface area contributed by atoms with Gasteiger partial charge in [0, 0.05) is 12.3 Å². The van der Waals surface area contributed by atoms with Gasteiger partial charge in [0.15, 0.2) is 0 Å². The van der Waals surface area contributed by atoms with Gasteiger partial charge in [-0.05, 0) is 36.9 Å². The molecule has 20 heavy (non-hydrogen) atoms. The molecule has 0 spiro atoms. The molecule has 2 aliphatic rings. The van der Waals surface area contributed by atoms with Gasteiger partial charge in [-0.2, -0.15) is 11.8 Å². The molecule has 2 rings (SSSR count). The van der Waals surface area contributed by atoms with E-state index in [-0.39, 0.29) is 23.9 Å². The van der Waals surface area contributed by atoms with Crippen LogP contribution in [-0.4, -0.2) is 46.8 Å². The summed E-state index contributed by atoms with van der Waals surface area (Å²) in [7, 11) is 0. The Bertz CT molecular complexity index is 369. The van der Waals surface area contributed by atoms with Crippen LogP contribution in [0, 0.1) is 11.8 Å². The van der Waals surface area contributed by atoms with E-state index in [4.69, 9.17) is 0 Å². The molecule has 4 nitrogen and oxygen atoms in total. The van der Waals surface area contributed by atoms with Gasteiger partial charge in [0.2, 0.25) is 11.8 Å². The van der Waals surface area contributed by atoms with E-state index in [1.54, 1.807) is 0 Å². The Labute approximate surface area is 126 Å². The summed E-state index contributed by atoms with van der Waals surface area (Å²) in [5.74, 6) is 2.98. The number of amides is 2. The van der Waals surface area contributed by atoms with Crippen molar-refractivity contribution < 1.29 is 9.59 Å². The van der Waals surface area contributed by atoms with Crippen molar-refractivity contribution >= 4 is 23.6 Å². The third-order valence-corrected chi connectivity index (χ3v) is 4.84. The topological polar surface area (TPSA) is 49.4 Å². The lowest BCUT2D eigenvalue weighted by Crippen LogP contribution is -2.64. The van der Waals surface area contributed by atoms with Gasteiger partial charge in [-0.25, -0.2) is 0 Å². The van der Waals surface area contributed by atoms with E-state index >= 15 is 0 Å². The number of carbonyl (C=O) groups excluding carboxylic acids is 2. The summed E-state index contributed by atoms with van der Waals surface area (Å²) in [5, 5.41) is 2.95. The molecule has 2 fully saturated rings. The van der Waals surface area contributed by atoms with Crippen LogP contribution in [0.1, 0.15) is 40.0 Å². The van der Waals surface area contributed by atoms with E-state index < -0.39 is 0 Å². The Hall–Kier alpha value is -0.710. The molecule has 1 aliphatic carbocycles. The fourth-order valence-corrected chi connectivity index (χ4v) is 3.48. The predicted molar refractivity (Wildman–Crippen MR) is 82.6 cm³/mol. The van der Waals surface area contributed by atoms with Gasteiger partial charge < -0.3 is 10.2 Å². The molecule has 1 saturated heterocycles. The van der Waals surface area contributed by atoms with E-state index in [0.717, 1.165) is 30.8 Å². The molecule has 1 aliphatic heterocycles. The van der Waals surface area contributed by atoms with Gasteiger partial charge in [-0.15, -0.1) is 0 Å². The number of rotatable bonds is 7. The number of thioether (sulfide) groups is 1. The largest absolute Gasteiger partial charge is 0.342 e. The Morgan fingerprint density at radius 1 is 1.35 bits per heavy atom. The van der Waals surface area contributed by atoms with Gasteiger partial charge in [-0.3, -0.25) is 9.59 Å². The van der Waals surface area contributed by atoms with Crippen molar-refractivity contribution in [1.82, 2.24) is 10.2 Å². The number of hydrogen-bond acceptors (Lipinski definition) is 3. The third kappa shape index (κ3) is 3.68. The van der Waals surface area contributed by atoms with Crippen molar-refractivity contribution in [3.63, 3.8) is 0 Å². The van der Waals surface area contributed by atoms with Crippen molar-refractivity contribution in [3.05, 3.63) is 0 Å². The zero-order valence-corrected chi connectivity index (χ0v) is 13.5. The van der Waals surface area contributed by atoms with E-state index in [1.807, 2.05) is 16.7 Å². The summed E-state index contributed by atoms with van der Waals surface area (Å²) >= 11 is 1.83. The Balaban J connectivity index is 2.06. The van der Waals surface area contributed by atoms with Crippen molar-refractivity contribution in [2.24, 2.45) is 11.8 Å². The lowest BCUT2D eigenvalue weighted by atomic mass is 9.97. The monoisotopic (exact) mass is 298 g/mol. The van der Waals surface area contributed by atoms with E-state index in [2.05, 4.69) is 26.1 Å². The maximum atomic E-state index is 12.6. The number of carbonyl (C=O) groups is 2. The van der Waals surface area contributed by atoms with Crippen LogP contribution in [0.15, 0.2) is 0 Å². The number of nitrogens with one attached hydrogen (secondary N) is 1. The molecular weight excluding hydrogens is 272 g/mol. The maximum absolute atomic E-state index is 12.6. The molecule has 5 heteroatoms. The van der Waals surface area contributed by atoms with Crippen molar-refractivity contribution in [2.75, 3.05) is 18.1 Å². The SMILES string of the molecule is CCSCCN1C(=O)C(CC(C)C)NC(=O)C1C1CC1. The summed E-state index contributed by atoms with van der Waals surface area (Å²) in [6, 6.07) is -0.521. The van der Waals surface area contributed by atoms with Crippen LogP contribution in [0.25, 0.3) is 0 Å². The molecule has 0 radical (unpaired) electrons. The molecule has 0 aromatic rings. The molecule has 114 valence electrons. The Morgan fingerprint density at radius 2 is 2.05 bits per heavy atom. The zero-order valence-electron chi connectivity index (χ0n) is 12.7. The molecule has 1 saturated carbocycles. The zero-order chi connectivity index (χ0) is 14.7. The molecule has 0 aromatic carbocycles. The Morgan fingerprint density at radius 3 is 2.60 bits per heavy atom. The lowest BCUT2D eigenvalue weighted by molar-refractivity contribution is -0.150. The van der Waals surface area contributed by atoms with Crippen LogP contribution >= 0.6 is 11.8 Å². The molecule has 2 unspecified atom stereocenters. The number of hydrogen-bond donors (Lipinski definition) is 1. The van der Waals surface area contributed by atoms with Crippen molar-refractivity contribution in [3.8, 4) is 0 Å². The lowest BCUT2D eigenvalue weighted by Gasteiger charge is -2.39. The Kier molecular flexibility index (Phi) is 5.35. The highest BCUT2D eigenvalue weighted by molar-refractivity contribution is 7.99. The van der Waals surface area contributed by atoms with Crippen LogP contribution in [-0.2, 0) is 9.59 Å². The average molecular weight is 298 g/mol. The first-order chi connectivity index (χ1) is 9.54. The van der Waals surface area contributed by atoms with E-state index in [1.165, 1.54) is 0 Å². The second kappa shape index (κ2) is 6.83. The fourth-order valence-electron chi connectivity index (χ4n) is 2.87. The highest BCUT2D eigenvalue weighted by Gasteiger charge is 2.47. The van der Waals surface area contributed by atoms with Crippen molar-refractivity contribution in [1.29, 1.82) is 0 Å². The third-order valence-electron chi connectivity index (χ3n) is 3.96. The van der Waals surface area contributed by atoms with E-state index in [9.17, 15) is 9.59 Å². The second-order valence-corrected chi connectivity index (χ2v) is 7.60. The van der Waals surface area contributed by atoms with Gasteiger partial charge in [0.1, 0.15) is 12.1 Å². The minimum Gasteiger partial charge on any atom is -0.342 e. The highest BCUT2D eigenvalue weighted by Crippen LogP contribution is 2.37. The molecule has 2 amide bonds. The van der Waals surface area contributed by atoms with Crippen LogP contribution < -0.4 is 5.32 Å². The quantitative estimate of drug-likeness (QED) is 0.730. The standard InChI is InChI=1S/C15H26N2O2S/c1-4-20-8-7-17-13(11-5-6-11)14(18)16-12(15(17)19)9-10(2)3/h10-13H,4-9H2,1-3H3,(H,16,18). The molecule has 0 aromatic heterocycles. The summed E-state index contributed by atoms with van der Waals surface area (Å²) < 4.78 is 0. The molecule has 2 atom stereocenters. The second-order valence-electron chi connectivity index (χ2n) is 6.20. The van der Waals surface area contributed by atoms with Gasteiger partial charge in [0.05, 0.1) is 0 Å². The first kappa shape index (κ1) is 15.7. The molecular formula is C15H26N2O2S. The van der Waals surface area contributed by atoms with Crippen LogP contribution in [0.2, 0.25) is 0 Å². The number of piperazine rings is 1. The minimum atomic E-state index is -0.316. The van der Waals surface area contributed by atoms with Gasteiger partial charge in [0.25, 0.3) is 0 Å². The summed E-state index contributed by atoms with van der Waals surface area (Å²) in [5.41, 5.74) is 0. The van der Waals surface area contributed by atoms with Crippen LogP contribution in [0.5, 0.6) is 0 Å². The smallest absolute Gasteiger partial charge is 0.245 e. The predicted octanol–water partition coefficient (Wildman–Crippen LogP) is 1.89. The fraction of sp³-hybridized carbons (Fsp3) is 0.867. The summed E-state index contributed by atoms with van der Waals surface area (Å²) in [4.78, 5) is 26.9. The van der Waals surface area contributed by atoms with Crippen molar-refractivity contribution in [2.45, 2.75) is 52.1 Å². The number of nitrogens with zero attached hydrogens (tertiary/aromatic N) is 1. The molecule has 1 N–H and O–H groups in total. The minimum absolute atomic E-state index is 0.0687. The van der Waals surface area contributed by atoms with Crippen LogP contribution in [0.4, 0.5) is 0 Å². The first-order valence-electron chi connectivity index (χ1n) is 7.73. The molecule has 1 heterocycles. The van der Waals surface area contributed by atoms with Crippen LogP contribution in [0.3, 0.4) is 0 Å².